The number of carbonyl (C=O) groups excluding carboxylic acids is 2. The van der Waals surface area contributed by atoms with Crippen molar-refractivity contribution in [3.63, 3.8) is 0 Å². The number of anilines is 1. The lowest BCUT2D eigenvalue weighted by Crippen LogP contribution is -2.52. The summed E-state index contributed by atoms with van der Waals surface area (Å²) < 4.78 is 0. The van der Waals surface area contributed by atoms with Gasteiger partial charge in [0.2, 0.25) is 11.8 Å². The van der Waals surface area contributed by atoms with Crippen LogP contribution in [0.3, 0.4) is 0 Å². The van der Waals surface area contributed by atoms with Gasteiger partial charge in [-0.05, 0) is 42.6 Å². The van der Waals surface area contributed by atoms with E-state index >= 15 is 0 Å². The van der Waals surface area contributed by atoms with E-state index in [2.05, 4.69) is 24.1 Å². The summed E-state index contributed by atoms with van der Waals surface area (Å²) in [5.41, 5.74) is 12.5. The summed E-state index contributed by atoms with van der Waals surface area (Å²) in [4.78, 5) is 25.3. The number of amides is 2. The van der Waals surface area contributed by atoms with E-state index in [0.717, 1.165) is 26.1 Å². The molecule has 2 rings (SSSR count). The highest BCUT2D eigenvalue weighted by atomic mass is 35.5. The fourth-order valence-corrected chi connectivity index (χ4v) is 2.88. The highest BCUT2D eigenvalue weighted by Gasteiger charge is 2.33. The van der Waals surface area contributed by atoms with Gasteiger partial charge >= 0.3 is 0 Å². The third-order valence-corrected chi connectivity index (χ3v) is 4.50. The van der Waals surface area contributed by atoms with Crippen molar-refractivity contribution < 1.29 is 9.59 Å². The molecule has 1 unspecified atom stereocenters. The Morgan fingerprint density at radius 2 is 1.92 bits per heavy atom. The molecule has 5 N–H and O–H groups in total. The zero-order valence-electron chi connectivity index (χ0n) is 14.2. The highest BCUT2D eigenvalue weighted by molar-refractivity contribution is 5.94. The molecule has 1 aromatic rings. The maximum absolute atomic E-state index is 12.0. The number of nitrogens with two attached hydrogens (primary N) is 2. The smallest absolute Gasteiger partial charge is 0.248 e. The van der Waals surface area contributed by atoms with E-state index in [0.29, 0.717) is 17.7 Å². The number of nitrogens with zero attached hydrogens (tertiary/aromatic N) is 1. The molecule has 0 spiro atoms. The number of nitrogens with one attached hydrogen (secondary N) is 1. The number of halogens is 1. The average molecular weight is 355 g/mol. The van der Waals surface area contributed by atoms with E-state index in [1.165, 1.54) is 0 Å². The average Bonchev–Trinajstić information content (AvgIpc) is 2.49. The molecule has 0 radical (unpaired) electrons. The van der Waals surface area contributed by atoms with Crippen molar-refractivity contribution in [2.45, 2.75) is 32.7 Å². The van der Waals surface area contributed by atoms with Gasteiger partial charge in [-0.15, -0.1) is 12.4 Å². The highest BCUT2D eigenvalue weighted by Crippen LogP contribution is 2.27. The molecule has 1 atom stereocenters. The molecule has 2 amide bonds. The summed E-state index contributed by atoms with van der Waals surface area (Å²) in [5.74, 6) is -0.515. The number of primary amides is 1. The molecule has 1 fully saturated rings. The summed E-state index contributed by atoms with van der Waals surface area (Å²) in [6, 6.07) is 6.79. The molecule has 1 saturated heterocycles. The van der Waals surface area contributed by atoms with Crippen molar-refractivity contribution >= 4 is 29.9 Å². The second-order valence-electron chi connectivity index (χ2n) is 6.90. The minimum absolute atomic E-state index is 0. The fraction of sp³-hybridized carbons (Fsp3) is 0.529. The largest absolute Gasteiger partial charge is 0.366 e. The number of rotatable bonds is 5. The molecule has 0 aliphatic carbocycles. The maximum atomic E-state index is 12.0. The lowest BCUT2D eigenvalue weighted by Gasteiger charge is -2.42. The molecule has 0 bridgehead atoms. The Morgan fingerprint density at radius 3 is 2.46 bits per heavy atom. The SMILES string of the molecule is CC1(C)CN(CCC(=O)Nc2ccc(C(N)=O)cc2)CCC1N.Cl. The summed E-state index contributed by atoms with van der Waals surface area (Å²) >= 11 is 0. The van der Waals surface area contributed by atoms with Crippen molar-refractivity contribution in [2.75, 3.05) is 25.0 Å². The molecule has 7 heteroatoms. The van der Waals surface area contributed by atoms with Gasteiger partial charge in [-0.2, -0.15) is 0 Å². The van der Waals surface area contributed by atoms with E-state index < -0.39 is 5.91 Å². The third kappa shape index (κ3) is 5.47. The van der Waals surface area contributed by atoms with Crippen LogP contribution < -0.4 is 16.8 Å². The topological polar surface area (TPSA) is 101 Å². The first-order valence-electron chi connectivity index (χ1n) is 7.95. The molecule has 24 heavy (non-hydrogen) atoms. The number of benzene rings is 1. The van der Waals surface area contributed by atoms with Crippen LogP contribution in [-0.2, 0) is 4.79 Å². The maximum Gasteiger partial charge on any atom is 0.248 e. The van der Waals surface area contributed by atoms with Crippen molar-refractivity contribution in [3.8, 4) is 0 Å². The van der Waals surface area contributed by atoms with Gasteiger partial charge < -0.3 is 21.7 Å². The Hall–Kier alpha value is -1.63. The molecule has 0 saturated carbocycles. The number of hydrogen-bond donors (Lipinski definition) is 3. The van der Waals surface area contributed by atoms with Crippen molar-refractivity contribution in [1.29, 1.82) is 0 Å². The summed E-state index contributed by atoms with van der Waals surface area (Å²) in [7, 11) is 0. The van der Waals surface area contributed by atoms with Gasteiger partial charge in [0.05, 0.1) is 0 Å². The van der Waals surface area contributed by atoms with Gasteiger partial charge in [0.1, 0.15) is 0 Å². The van der Waals surface area contributed by atoms with Crippen molar-refractivity contribution in [3.05, 3.63) is 29.8 Å². The van der Waals surface area contributed by atoms with E-state index in [4.69, 9.17) is 11.5 Å². The lowest BCUT2D eigenvalue weighted by molar-refractivity contribution is -0.116. The van der Waals surface area contributed by atoms with Crippen LogP contribution in [0.5, 0.6) is 0 Å². The Labute approximate surface area is 149 Å². The van der Waals surface area contributed by atoms with Crippen LogP contribution in [-0.4, -0.2) is 42.4 Å². The third-order valence-electron chi connectivity index (χ3n) is 4.50. The monoisotopic (exact) mass is 354 g/mol. The summed E-state index contributed by atoms with van der Waals surface area (Å²) in [6.07, 6.45) is 1.39. The predicted octanol–water partition coefficient (Wildman–Crippen LogP) is 1.60. The van der Waals surface area contributed by atoms with Crippen LogP contribution in [0.1, 0.15) is 37.0 Å². The first-order valence-corrected chi connectivity index (χ1v) is 7.95. The van der Waals surface area contributed by atoms with Crippen LogP contribution in [0.15, 0.2) is 24.3 Å². The Kier molecular flexibility index (Phi) is 7.20. The molecule has 1 aromatic carbocycles. The quantitative estimate of drug-likeness (QED) is 0.747. The van der Waals surface area contributed by atoms with Crippen molar-refractivity contribution in [2.24, 2.45) is 16.9 Å². The minimum Gasteiger partial charge on any atom is -0.366 e. The minimum atomic E-state index is -0.478. The summed E-state index contributed by atoms with van der Waals surface area (Å²) in [5, 5.41) is 2.83. The van der Waals surface area contributed by atoms with E-state index in [1.54, 1.807) is 24.3 Å². The molecule has 6 nitrogen and oxygen atoms in total. The molecule has 134 valence electrons. The fourth-order valence-electron chi connectivity index (χ4n) is 2.88. The van der Waals surface area contributed by atoms with Crippen LogP contribution in [0.2, 0.25) is 0 Å². The van der Waals surface area contributed by atoms with Gasteiger partial charge in [0.15, 0.2) is 0 Å². The second-order valence-corrected chi connectivity index (χ2v) is 6.90. The predicted molar refractivity (Wildman–Crippen MR) is 98.3 cm³/mol. The van der Waals surface area contributed by atoms with Crippen LogP contribution in [0.25, 0.3) is 0 Å². The number of likely N-dealkylation sites (tertiary alicyclic amines) is 1. The second kappa shape index (κ2) is 8.46. The first-order chi connectivity index (χ1) is 10.8. The summed E-state index contributed by atoms with van der Waals surface area (Å²) in [6.45, 7) is 6.91. The van der Waals surface area contributed by atoms with E-state index in [-0.39, 0.29) is 29.8 Å². The molecule has 1 aliphatic heterocycles. The van der Waals surface area contributed by atoms with Crippen LogP contribution in [0, 0.1) is 5.41 Å². The molecule has 1 heterocycles. The molecular formula is C17H27ClN4O2. The Morgan fingerprint density at radius 1 is 1.29 bits per heavy atom. The first kappa shape index (κ1) is 20.4. The molecule has 1 aliphatic rings. The van der Waals surface area contributed by atoms with Gasteiger partial charge in [-0.1, -0.05) is 13.8 Å². The molecule has 0 aromatic heterocycles. The standard InChI is InChI=1S/C17H26N4O2.ClH/c1-17(2)11-21(9-7-14(17)18)10-8-15(22)20-13-5-3-12(4-6-13)16(19)23;/h3-6,14H,7-11,18H2,1-2H3,(H2,19,23)(H,20,22);1H. The van der Waals surface area contributed by atoms with E-state index in [9.17, 15) is 9.59 Å². The molecular weight excluding hydrogens is 328 g/mol. The zero-order valence-corrected chi connectivity index (χ0v) is 15.1. The van der Waals surface area contributed by atoms with Crippen molar-refractivity contribution in [1.82, 2.24) is 4.90 Å². The lowest BCUT2D eigenvalue weighted by atomic mass is 9.80. The van der Waals surface area contributed by atoms with Crippen LogP contribution in [0.4, 0.5) is 5.69 Å². The zero-order chi connectivity index (χ0) is 17.0. The Balaban J connectivity index is 0.00000288. The van der Waals surface area contributed by atoms with Gasteiger partial charge in [-0.3, -0.25) is 9.59 Å². The van der Waals surface area contributed by atoms with Crippen LogP contribution >= 0.6 is 12.4 Å². The number of hydrogen-bond acceptors (Lipinski definition) is 4. The van der Waals surface area contributed by atoms with Gasteiger partial charge in [-0.25, -0.2) is 0 Å². The van der Waals surface area contributed by atoms with Gasteiger partial charge in [0.25, 0.3) is 0 Å². The number of piperidine rings is 1. The Bertz CT molecular complexity index is 574. The van der Waals surface area contributed by atoms with Gasteiger partial charge in [0, 0.05) is 36.8 Å². The van der Waals surface area contributed by atoms with E-state index in [1.807, 2.05) is 0 Å². The number of carbonyl (C=O) groups is 2. The normalized spacial score (nSPS) is 20.0.